The second-order valence-electron chi connectivity index (χ2n) is 5.11. The van der Waals surface area contributed by atoms with Crippen molar-refractivity contribution >= 4 is 11.6 Å². The largest absolute Gasteiger partial charge is 0.508 e. The molecule has 0 bridgehead atoms. The first-order valence-corrected chi connectivity index (χ1v) is 6.68. The van der Waals surface area contributed by atoms with Crippen LogP contribution in [0.15, 0.2) is 30.3 Å². The summed E-state index contributed by atoms with van der Waals surface area (Å²) in [5.41, 5.74) is 3.67. The van der Waals surface area contributed by atoms with Gasteiger partial charge in [0.1, 0.15) is 11.5 Å². The van der Waals surface area contributed by atoms with Crippen LogP contribution in [0.2, 0.25) is 0 Å². The third kappa shape index (κ3) is 3.16. The third-order valence-electron chi connectivity index (χ3n) is 3.39. The summed E-state index contributed by atoms with van der Waals surface area (Å²) in [7, 11) is 1.54. The number of methoxy groups -OCH3 is 1. The Bertz CT molecular complexity index is 693. The summed E-state index contributed by atoms with van der Waals surface area (Å²) in [5.74, 6) is 0.522. The number of anilines is 1. The molecule has 2 rings (SSSR count). The van der Waals surface area contributed by atoms with Crippen molar-refractivity contribution in [1.29, 1.82) is 0 Å². The van der Waals surface area contributed by atoms with E-state index in [1.165, 1.54) is 7.11 Å². The first-order valence-electron chi connectivity index (χ1n) is 6.68. The molecule has 0 saturated carbocycles. The molecule has 0 aliphatic heterocycles. The Morgan fingerprint density at radius 3 is 2.48 bits per heavy atom. The Balaban J connectivity index is 2.34. The van der Waals surface area contributed by atoms with Gasteiger partial charge >= 0.3 is 0 Å². The van der Waals surface area contributed by atoms with Crippen molar-refractivity contribution in [2.45, 2.75) is 20.8 Å². The van der Waals surface area contributed by atoms with Crippen LogP contribution in [0.3, 0.4) is 0 Å². The highest BCUT2D eigenvalue weighted by molar-refractivity contribution is 6.06. The van der Waals surface area contributed by atoms with Crippen LogP contribution in [0.4, 0.5) is 5.69 Å². The molecule has 0 unspecified atom stereocenters. The minimum Gasteiger partial charge on any atom is -0.508 e. The molecule has 0 spiro atoms. The number of ether oxygens (including phenoxy) is 1. The van der Waals surface area contributed by atoms with Gasteiger partial charge in [0.25, 0.3) is 5.91 Å². The van der Waals surface area contributed by atoms with Gasteiger partial charge in [-0.25, -0.2) is 0 Å². The second kappa shape index (κ2) is 5.87. The van der Waals surface area contributed by atoms with Crippen LogP contribution in [0.5, 0.6) is 11.5 Å². The number of phenolic OH excluding ortho intramolecular Hbond substituents is 1. The molecule has 4 nitrogen and oxygen atoms in total. The van der Waals surface area contributed by atoms with Gasteiger partial charge in [0.2, 0.25) is 0 Å². The van der Waals surface area contributed by atoms with Gasteiger partial charge in [-0.05, 0) is 56.2 Å². The van der Waals surface area contributed by atoms with E-state index in [9.17, 15) is 9.90 Å². The topological polar surface area (TPSA) is 58.6 Å². The number of nitrogens with one attached hydrogen (secondary N) is 1. The Kier molecular flexibility index (Phi) is 4.17. The van der Waals surface area contributed by atoms with Gasteiger partial charge in [-0.2, -0.15) is 0 Å². The zero-order valence-electron chi connectivity index (χ0n) is 12.7. The summed E-state index contributed by atoms with van der Waals surface area (Å²) in [5, 5.41) is 12.5. The fraction of sp³-hybridized carbons (Fsp3) is 0.235. The van der Waals surface area contributed by atoms with Crippen LogP contribution in [-0.2, 0) is 0 Å². The third-order valence-corrected chi connectivity index (χ3v) is 3.39. The zero-order valence-corrected chi connectivity index (χ0v) is 12.7. The number of benzene rings is 2. The Hall–Kier alpha value is -2.49. The Morgan fingerprint density at radius 1 is 1.10 bits per heavy atom. The average Bonchev–Trinajstić information content (AvgIpc) is 2.44. The lowest BCUT2D eigenvalue weighted by Gasteiger charge is -2.13. The van der Waals surface area contributed by atoms with Gasteiger partial charge in [-0.1, -0.05) is 11.6 Å². The lowest BCUT2D eigenvalue weighted by atomic mass is 10.1. The standard InChI is InChI=1S/C17H19NO3/c1-10-5-6-16(21-4)13(7-10)17(20)18-14-8-12(3)15(19)9-11(14)2/h5-9,19H,1-4H3,(H,18,20). The number of carbonyl (C=O) groups excluding carboxylic acids is 1. The molecule has 0 aliphatic carbocycles. The predicted molar refractivity (Wildman–Crippen MR) is 83.3 cm³/mol. The molecule has 0 atom stereocenters. The van der Waals surface area contributed by atoms with E-state index < -0.39 is 0 Å². The first kappa shape index (κ1) is 14.9. The van der Waals surface area contributed by atoms with Crippen molar-refractivity contribution in [1.82, 2.24) is 0 Å². The second-order valence-corrected chi connectivity index (χ2v) is 5.11. The Morgan fingerprint density at radius 2 is 1.81 bits per heavy atom. The number of amides is 1. The van der Waals surface area contributed by atoms with Crippen LogP contribution >= 0.6 is 0 Å². The maximum absolute atomic E-state index is 12.4. The number of carbonyl (C=O) groups is 1. The molecule has 2 aromatic rings. The van der Waals surface area contributed by atoms with Crippen molar-refractivity contribution < 1.29 is 14.6 Å². The monoisotopic (exact) mass is 285 g/mol. The van der Waals surface area contributed by atoms with E-state index in [1.807, 2.05) is 19.9 Å². The fourth-order valence-electron chi connectivity index (χ4n) is 2.12. The highest BCUT2D eigenvalue weighted by Crippen LogP contribution is 2.27. The van der Waals surface area contributed by atoms with Crippen LogP contribution < -0.4 is 10.1 Å². The molecular formula is C17H19NO3. The molecule has 0 aliphatic rings. The molecule has 2 aromatic carbocycles. The first-order chi connectivity index (χ1) is 9.92. The average molecular weight is 285 g/mol. The molecule has 0 saturated heterocycles. The number of phenols is 1. The van der Waals surface area contributed by atoms with E-state index in [1.54, 1.807) is 31.2 Å². The number of aromatic hydroxyl groups is 1. The summed E-state index contributed by atoms with van der Waals surface area (Å²) < 4.78 is 5.23. The van der Waals surface area contributed by atoms with Gasteiger partial charge < -0.3 is 15.2 Å². The molecule has 1 amide bonds. The van der Waals surface area contributed by atoms with Gasteiger partial charge in [0.15, 0.2) is 0 Å². The zero-order chi connectivity index (χ0) is 15.6. The molecule has 0 heterocycles. The number of hydrogen-bond donors (Lipinski definition) is 2. The number of hydrogen-bond acceptors (Lipinski definition) is 3. The highest BCUT2D eigenvalue weighted by Gasteiger charge is 2.14. The van der Waals surface area contributed by atoms with Crippen LogP contribution in [0.25, 0.3) is 0 Å². The molecule has 21 heavy (non-hydrogen) atoms. The summed E-state index contributed by atoms with van der Waals surface area (Å²) in [4.78, 5) is 12.4. The van der Waals surface area contributed by atoms with E-state index in [0.29, 0.717) is 22.6 Å². The van der Waals surface area contributed by atoms with E-state index in [0.717, 1.165) is 11.1 Å². The van der Waals surface area contributed by atoms with Gasteiger partial charge in [0.05, 0.1) is 12.7 Å². The minimum atomic E-state index is -0.233. The fourth-order valence-corrected chi connectivity index (χ4v) is 2.12. The van der Waals surface area contributed by atoms with E-state index in [-0.39, 0.29) is 11.7 Å². The van der Waals surface area contributed by atoms with Gasteiger partial charge in [-0.15, -0.1) is 0 Å². The van der Waals surface area contributed by atoms with Crippen molar-refractivity contribution in [3.05, 3.63) is 52.6 Å². The highest BCUT2D eigenvalue weighted by atomic mass is 16.5. The lowest BCUT2D eigenvalue weighted by molar-refractivity contribution is 0.102. The summed E-state index contributed by atoms with van der Waals surface area (Å²) in [6.45, 7) is 5.55. The molecule has 0 aromatic heterocycles. The minimum absolute atomic E-state index is 0.221. The quantitative estimate of drug-likeness (QED) is 0.847. The summed E-state index contributed by atoms with van der Waals surface area (Å²) >= 11 is 0. The normalized spacial score (nSPS) is 10.3. The van der Waals surface area contributed by atoms with E-state index >= 15 is 0 Å². The number of rotatable bonds is 3. The van der Waals surface area contributed by atoms with Crippen molar-refractivity contribution in [3.8, 4) is 11.5 Å². The Labute approximate surface area is 124 Å². The van der Waals surface area contributed by atoms with E-state index in [2.05, 4.69) is 5.32 Å². The molecule has 2 N–H and O–H groups in total. The SMILES string of the molecule is COc1ccc(C)cc1C(=O)Nc1cc(C)c(O)cc1C. The smallest absolute Gasteiger partial charge is 0.259 e. The summed E-state index contributed by atoms with van der Waals surface area (Å²) in [6.07, 6.45) is 0. The molecule has 0 radical (unpaired) electrons. The van der Waals surface area contributed by atoms with Gasteiger partial charge in [0, 0.05) is 5.69 Å². The maximum atomic E-state index is 12.4. The lowest BCUT2D eigenvalue weighted by Crippen LogP contribution is -2.14. The maximum Gasteiger partial charge on any atom is 0.259 e. The molecule has 110 valence electrons. The predicted octanol–water partition coefficient (Wildman–Crippen LogP) is 3.58. The van der Waals surface area contributed by atoms with Crippen molar-refractivity contribution in [2.24, 2.45) is 0 Å². The molecular weight excluding hydrogens is 266 g/mol. The number of aryl methyl sites for hydroxylation is 3. The van der Waals surface area contributed by atoms with Crippen LogP contribution in [0.1, 0.15) is 27.0 Å². The van der Waals surface area contributed by atoms with Gasteiger partial charge in [-0.3, -0.25) is 4.79 Å². The molecule has 0 fully saturated rings. The van der Waals surface area contributed by atoms with Crippen LogP contribution in [0, 0.1) is 20.8 Å². The van der Waals surface area contributed by atoms with Crippen molar-refractivity contribution in [2.75, 3.05) is 12.4 Å². The molecule has 4 heteroatoms. The van der Waals surface area contributed by atoms with Crippen molar-refractivity contribution in [3.63, 3.8) is 0 Å². The van der Waals surface area contributed by atoms with Crippen LogP contribution in [-0.4, -0.2) is 18.1 Å². The summed E-state index contributed by atoms with van der Waals surface area (Å²) in [6, 6.07) is 8.85. The van der Waals surface area contributed by atoms with E-state index in [4.69, 9.17) is 4.74 Å².